The number of carbonyl (C=O) groups is 1. The maximum absolute atomic E-state index is 12.2. The van der Waals surface area contributed by atoms with Crippen LogP contribution >= 0.6 is 11.3 Å². The Labute approximate surface area is 136 Å². The number of aromatic nitrogens is 1. The molecule has 0 fully saturated rings. The minimum absolute atomic E-state index is 0.0634. The highest BCUT2D eigenvalue weighted by Crippen LogP contribution is 2.16. The molecule has 0 atom stereocenters. The summed E-state index contributed by atoms with van der Waals surface area (Å²) >= 11 is 1.54. The Morgan fingerprint density at radius 1 is 1.30 bits per heavy atom. The van der Waals surface area contributed by atoms with Gasteiger partial charge in [0.1, 0.15) is 10.8 Å². The second kappa shape index (κ2) is 7.87. The quantitative estimate of drug-likeness (QED) is 0.847. The zero-order valence-electron chi connectivity index (χ0n) is 12.7. The van der Waals surface area contributed by atoms with E-state index in [1.165, 1.54) is 23.5 Å². The second-order valence-electron chi connectivity index (χ2n) is 4.81. The van der Waals surface area contributed by atoms with E-state index in [4.69, 9.17) is 0 Å². The van der Waals surface area contributed by atoms with Gasteiger partial charge in [-0.2, -0.15) is 8.78 Å². The van der Waals surface area contributed by atoms with E-state index in [1.54, 1.807) is 12.1 Å². The monoisotopic (exact) mass is 341 g/mol. The van der Waals surface area contributed by atoms with Gasteiger partial charge in [0.25, 0.3) is 0 Å². The molecule has 8 heteroatoms. The SMILES string of the molecule is Cc1nc(CNC(=O)NCc2cccc(OC(F)F)c2)sc1C. The standard InChI is InChI=1S/C15H17F2N3O2S/c1-9-10(2)23-13(20-9)8-19-15(21)18-7-11-4-3-5-12(6-11)22-14(16)17/h3-6,14H,7-8H2,1-2H3,(H2,18,19,21). The molecule has 124 valence electrons. The number of thiazole rings is 1. The van der Waals surface area contributed by atoms with Gasteiger partial charge < -0.3 is 15.4 Å². The van der Waals surface area contributed by atoms with E-state index >= 15 is 0 Å². The minimum Gasteiger partial charge on any atom is -0.435 e. The smallest absolute Gasteiger partial charge is 0.387 e. The molecule has 2 rings (SSSR count). The number of halogens is 2. The van der Waals surface area contributed by atoms with E-state index in [-0.39, 0.29) is 18.3 Å². The van der Waals surface area contributed by atoms with Gasteiger partial charge in [-0.1, -0.05) is 12.1 Å². The fourth-order valence-corrected chi connectivity index (χ4v) is 2.72. The summed E-state index contributed by atoms with van der Waals surface area (Å²) in [6, 6.07) is 5.85. The van der Waals surface area contributed by atoms with Crippen LogP contribution in [-0.4, -0.2) is 17.6 Å². The lowest BCUT2D eigenvalue weighted by Gasteiger charge is -2.08. The summed E-state index contributed by atoms with van der Waals surface area (Å²) in [4.78, 5) is 17.2. The van der Waals surface area contributed by atoms with Crippen molar-refractivity contribution >= 4 is 17.4 Å². The first-order chi connectivity index (χ1) is 10.9. The van der Waals surface area contributed by atoms with E-state index in [1.807, 2.05) is 13.8 Å². The highest BCUT2D eigenvalue weighted by Gasteiger charge is 2.07. The number of nitrogens with zero attached hydrogens (tertiary/aromatic N) is 1. The number of alkyl halides is 2. The summed E-state index contributed by atoms with van der Waals surface area (Å²) in [6.07, 6.45) is 0. The molecule has 0 aliphatic carbocycles. The van der Waals surface area contributed by atoms with E-state index in [2.05, 4.69) is 20.4 Å². The highest BCUT2D eigenvalue weighted by atomic mass is 32.1. The summed E-state index contributed by atoms with van der Waals surface area (Å²) in [6.45, 7) is 1.59. The number of benzene rings is 1. The van der Waals surface area contributed by atoms with Crippen molar-refractivity contribution in [2.75, 3.05) is 0 Å². The molecule has 2 amide bonds. The average molecular weight is 341 g/mol. The van der Waals surface area contributed by atoms with Gasteiger partial charge in [0.2, 0.25) is 0 Å². The maximum Gasteiger partial charge on any atom is 0.387 e. The molecule has 0 spiro atoms. The normalized spacial score (nSPS) is 10.7. The van der Waals surface area contributed by atoms with Crippen LogP contribution in [-0.2, 0) is 13.1 Å². The Hall–Kier alpha value is -2.22. The summed E-state index contributed by atoms with van der Waals surface area (Å²) in [7, 11) is 0. The number of rotatable bonds is 6. The summed E-state index contributed by atoms with van der Waals surface area (Å²) < 4.78 is 28.6. The number of urea groups is 1. The van der Waals surface area contributed by atoms with Crippen LogP contribution in [0.3, 0.4) is 0 Å². The average Bonchev–Trinajstić information content (AvgIpc) is 2.81. The maximum atomic E-state index is 12.2. The number of hydrogen-bond donors (Lipinski definition) is 2. The molecule has 1 aromatic carbocycles. The van der Waals surface area contributed by atoms with Crippen LogP contribution in [0.25, 0.3) is 0 Å². The topological polar surface area (TPSA) is 63.2 Å². The van der Waals surface area contributed by atoms with Crippen molar-refractivity contribution in [2.45, 2.75) is 33.5 Å². The van der Waals surface area contributed by atoms with Crippen molar-refractivity contribution < 1.29 is 18.3 Å². The number of nitrogens with one attached hydrogen (secondary N) is 2. The zero-order chi connectivity index (χ0) is 16.8. The number of ether oxygens (including phenoxy) is 1. The van der Waals surface area contributed by atoms with Crippen LogP contribution in [0.4, 0.5) is 13.6 Å². The molecule has 23 heavy (non-hydrogen) atoms. The molecule has 0 unspecified atom stereocenters. The second-order valence-corrected chi connectivity index (χ2v) is 6.10. The zero-order valence-corrected chi connectivity index (χ0v) is 13.5. The van der Waals surface area contributed by atoms with E-state index in [0.29, 0.717) is 12.1 Å². The van der Waals surface area contributed by atoms with Crippen LogP contribution in [0, 0.1) is 13.8 Å². The first-order valence-electron chi connectivity index (χ1n) is 6.92. The number of aryl methyl sites for hydroxylation is 2. The molecule has 2 N–H and O–H groups in total. The molecule has 0 aliphatic rings. The molecule has 1 heterocycles. The van der Waals surface area contributed by atoms with Crippen LogP contribution in [0.1, 0.15) is 21.1 Å². The van der Waals surface area contributed by atoms with Gasteiger partial charge >= 0.3 is 12.6 Å². The Kier molecular flexibility index (Phi) is 5.86. The third-order valence-corrected chi connectivity index (χ3v) is 4.12. The van der Waals surface area contributed by atoms with Crippen LogP contribution in [0.15, 0.2) is 24.3 Å². The van der Waals surface area contributed by atoms with Crippen molar-refractivity contribution in [1.29, 1.82) is 0 Å². The van der Waals surface area contributed by atoms with Gasteiger partial charge in [0, 0.05) is 11.4 Å². The summed E-state index contributed by atoms with van der Waals surface area (Å²) in [5.74, 6) is 0.0634. The molecule has 0 saturated heterocycles. The minimum atomic E-state index is -2.87. The van der Waals surface area contributed by atoms with Gasteiger partial charge in [0.15, 0.2) is 0 Å². The van der Waals surface area contributed by atoms with Crippen molar-refractivity contribution in [1.82, 2.24) is 15.6 Å². The van der Waals surface area contributed by atoms with Crippen LogP contribution < -0.4 is 15.4 Å². The third-order valence-electron chi connectivity index (χ3n) is 3.05. The molecule has 0 radical (unpaired) electrons. The number of hydrogen-bond acceptors (Lipinski definition) is 4. The molecular weight excluding hydrogens is 324 g/mol. The Morgan fingerprint density at radius 3 is 2.70 bits per heavy atom. The number of carbonyl (C=O) groups excluding carboxylic acids is 1. The lowest BCUT2D eigenvalue weighted by Crippen LogP contribution is -2.34. The lowest BCUT2D eigenvalue weighted by atomic mass is 10.2. The summed E-state index contributed by atoms with van der Waals surface area (Å²) in [5.41, 5.74) is 1.63. The molecule has 2 aromatic rings. The van der Waals surface area contributed by atoms with Gasteiger partial charge in [-0.15, -0.1) is 11.3 Å². The van der Waals surface area contributed by atoms with Gasteiger partial charge in [0.05, 0.1) is 12.2 Å². The van der Waals surface area contributed by atoms with Gasteiger partial charge in [-0.05, 0) is 31.5 Å². The Balaban J connectivity index is 1.80. The third kappa shape index (κ3) is 5.48. The molecular formula is C15H17F2N3O2S. The molecule has 5 nitrogen and oxygen atoms in total. The molecule has 0 aliphatic heterocycles. The van der Waals surface area contributed by atoms with E-state index in [9.17, 15) is 13.6 Å². The predicted octanol–water partition coefficient (Wildman–Crippen LogP) is 3.36. The largest absolute Gasteiger partial charge is 0.435 e. The highest BCUT2D eigenvalue weighted by molar-refractivity contribution is 7.11. The fraction of sp³-hybridized carbons (Fsp3) is 0.333. The van der Waals surface area contributed by atoms with Crippen molar-refractivity contribution in [3.05, 3.63) is 45.4 Å². The molecule has 1 aromatic heterocycles. The first kappa shape index (κ1) is 17.1. The fourth-order valence-electron chi connectivity index (χ4n) is 1.85. The van der Waals surface area contributed by atoms with Crippen LogP contribution in [0.2, 0.25) is 0 Å². The Morgan fingerprint density at radius 2 is 2.04 bits per heavy atom. The summed E-state index contributed by atoms with van der Waals surface area (Å²) in [5, 5.41) is 6.19. The Bertz CT molecular complexity index is 657. The van der Waals surface area contributed by atoms with Gasteiger partial charge in [-0.3, -0.25) is 0 Å². The first-order valence-corrected chi connectivity index (χ1v) is 7.74. The van der Waals surface area contributed by atoms with Crippen molar-refractivity contribution in [3.63, 3.8) is 0 Å². The predicted molar refractivity (Wildman–Crippen MR) is 83.7 cm³/mol. The lowest BCUT2D eigenvalue weighted by molar-refractivity contribution is -0.0498. The van der Waals surface area contributed by atoms with Gasteiger partial charge in [-0.25, -0.2) is 9.78 Å². The van der Waals surface area contributed by atoms with E-state index in [0.717, 1.165) is 15.6 Å². The number of amides is 2. The molecule has 0 saturated carbocycles. The van der Waals surface area contributed by atoms with Crippen molar-refractivity contribution in [2.24, 2.45) is 0 Å². The molecule has 0 bridgehead atoms. The van der Waals surface area contributed by atoms with Crippen LogP contribution in [0.5, 0.6) is 5.75 Å². The van der Waals surface area contributed by atoms with E-state index < -0.39 is 6.61 Å². The van der Waals surface area contributed by atoms with Crippen molar-refractivity contribution in [3.8, 4) is 5.75 Å².